The first-order valence-corrected chi connectivity index (χ1v) is 12.8. The molecule has 0 radical (unpaired) electrons. The molecule has 1 aromatic carbocycles. The lowest BCUT2D eigenvalue weighted by atomic mass is 10.0. The molecule has 0 saturated heterocycles. The Balaban J connectivity index is 1.28. The van der Waals surface area contributed by atoms with Gasteiger partial charge in [0.25, 0.3) is 0 Å². The van der Waals surface area contributed by atoms with Gasteiger partial charge in [-0.05, 0) is 18.6 Å². The minimum atomic E-state index is 1.09. The molecular weight excluding hydrogens is 352 g/mol. The number of hydrogen-bond donors (Lipinski definition) is 1. The van der Waals surface area contributed by atoms with E-state index in [9.17, 15) is 0 Å². The largest absolute Gasteiger partial charge is 0.342 e. The number of imidazole rings is 1. The number of nitrogens with zero attached hydrogens (tertiary/aromatic N) is 1. The second-order valence-corrected chi connectivity index (χ2v) is 8.96. The fourth-order valence-corrected chi connectivity index (χ4v) is 4.32. The van der Waals surface area contributed by atoms with Crippen molar-refractivity contribution in [3.8, 4) is 0 Å². The van der Waals surface area contributed by atoms with Crippen LogP contribution in [-0.2, 0) is 6.42 Å². The molecule has 0 fully saturated rings. The lowest BCUT2D eigenvalue weighted by Crippen LogP contribution is -1.89. The van der Waals surface area contributed by atoms with Gasteiger partial charge in [-0.3, -0.25) is 0 Å². The van der Waals surface area contributed by atoms with Crippen LogP contribution in [0.25, 0.3) is 11.0 Å². The van der Waals surface area contributed by atoms with Gasteiger partial charge in [-0.2, -0.15) is 0 Å². The first-order valence-electron chi connectivity index (χ1n) is 12.8. The summed E-state index contributed by atoms with van der Waals surface area (Å²) in [6.07, 6.45) is 26.8. The van der Waals surface area contributed by atoms with Crippen LogP contribution in [0.3, 0.4) is 0 Å². The fraction of sp³-hybridized carbons (Fsp3) is 0.741. The van der Waals surface area contributed by atoms with E-state index in [0.29, 0.717) is 0 Å². The molecule has 1 heterocycles. The molecule has 2 nitrogen and oxygen atoms in total. The molecule has 1 aromatic heterocycles. The highest BCUT2D eigenvalue weighted by Crippen LogP contribution is 2.15. The third-order valence-corrected chi connectivity index (χ3v) is 6.21. The summed E-state index contributed by atoms with van der Waals surface area (Å²) in [6.45, 7) is 2.30. The zero-order valence-electron chi connectivity index (χ0n) is 19.2. The molecule has 0 amide bonds. The number of H-pyrrole nitrogens is 1. The number of fused-ring (bicyclic) bond motifs is 1. The predicted molar refractivity (Wildman–Crippen MR) is 129 cm³/mol. The molecule has 29 heavy (non-hydrogen) atoms. The van der Waals surface area contributed by atoms with E-state index in [-0.39, 0.29) is 0 Å². The van der Waals surface area contributed by atoms with Crippen molar-refractivity contribution in [3.05, 3.63) is 30.1 Å². The zero-order valence-corrected chi connectivity index (χ0v) is 19.2. The monoisotopic (exact) mass is 398 g/mol. The Labute approximate surface area is 180 Å². The van der Waals surface area contributed by atoms with Crippen molar-refractivity contribution in [1.29, 1.82) is 0 Å². The Hall–Kier alpha value is -1.31. The number of aryl methyl sites for hydroxylation is 1. The van der Waals surface area contributed by atoms with Gasteiger partial charge < -0.3 is 4.98 Å². The summed E-state index contributed by atoms with van der Waals surface area (Å²) in [5.74, 6) is 1.16. The molecule has 0 aliphatic carbocycles. The Bertz CT molecular complexity index is 583. The summed E-state index contributed by atoms with van der Waals surface area (Å²) < 4.78 is 0. The first-order chi connectivity index (χ1) is 14.4. The van der Waals surface area contributed by atoms with E-state index >= 15 is 0 Å². The molecule has 0 aliphatic heterocycles. The van der Waals surface area contributed by atoms with Crippen LogP contribution in [0, 0.1) is 0 Å². The molecule has 1 N–H and O–H groups in total. The lowest BCUT2D eigenvalue weighted by Gasteiger charge is -2.03. The Kier molecular flexibility index (Phi) is 13.6. The van der Waals surface area contributed by atoms with Gasteiger partial charge in [-0.25, -0.2) is 4.98 Å². The van der Waals surface area contributed by atoms with Gasteiger partial charge >= 0.3 is 0 Å². The number of aromatic amines is 1. The number of para-hydroxylation sites is 2. The minimum absolute atomic E-state index is 1.09. The Morgan fingerprint density at radius 1 is 0.586 bits per heavy atom. The van der Waals surface area contributed by atoms with Gasteiger partial charge in [-0.1, -0.05) is 128 Å². The molecule has 0 saturated carbocycles. The number of rotatable bonds is 19. The SMILES string of the molecule is CCCCCCCCCCCCCCCCCCCCc1nc2ccccc2[nH]1. The van der Waals surface area contributed by atoms with E-state index < -0.39 is 0 Å². The molecule has 164 valence electrons. The number of aromatic nitrogens is 2. The highest BCUT2D eigenvalue weighted by atomic mass is 14.9. The zero-order chi connectivity index (χ0) is 20.4. The van der Waals surface area contributed by atoms with E-state index in [4.69, 9.17) is 0 Å². The topological polar surface area (TPSA) is 28.7 Å². The maximum atomic E-state index is 4.67. The van der Waals surface area contributed by atoms with Crippen molar-refractivity contribution in [2.24, 2.45) is 0 Å². The number of hydrogen-bond acceptors (Lipinski definition) is 1. The molecule has 0 unspecified atom stereocenters. The van der Waals surface area contributed by atoms with E-state index in [1.807, 2.05) is 0 Å². The van der Waals surface area contributed by atoms with Crippen molar-refractivity contribution in [2.45, 2.75) is 129 Å². The van der Waals surface area contributed by atoms with E-state index in [1.54, 1.807) is 0 Å². The van der Waals surface area contributed by atoms with E-state index in [1.165, 1.54) is 121 Å². The molecular formula is C27H46N2. The number of nitrogens with one attached hydrogen (secondary N) is 1. The second-order valence-electron chi connectivity index (χ2n) is 8.96. The van der Waals surface area contributed by atoms with Crippen LogP contribution in [0.4, 0.5) is 0 Å². The summed E-state index contributed by atoms with van der Waals surface area (Å²) in [6, 6.07) is 8.33. The predicted octanol–water partition coefficient (Wildman–Crippen LogP) is 9.15. The molecule has 0 bridgehead atoms. The minimum Gasteiger partial charge on any atom is -0.342 e. The first kappa shape index (κ1) is 24.0. The molecule has 2 aromatic rings. The summed E-state index contributed by atoms with van der Waals surface area (Å²) in [4.78, 5) is 8.11. The molecule has 0 spiro atoms. The fourth-order valence-electron chi connectivity index (χ4n) is 4.32. The van der Waals surface area contributed by atoms with Crippen LogP contribution < -0.4 is 0 Å². The van der Waals surface area contributed by atoms with Crippen LogP contribution in [0.5, 0.6) is 0 Å². The van der Waals surface area contributed by atoms with Crippen LogP contribution >= 0.6 is 0 Å². The standard InChI is InChI=1S/C27H46N2/c1-2-3-4-5-6-7-8-9-10-11-12-13-14-15-16-17-18-19-24-27-28-25-22-20-21-23-26(25)29-27/h20-23H,2-19,24H2,1H3,(H,28,29). The van der Waals surface area contributed by atoms with Gasteiger partial charge in [0.1, 0.15) is 5.82 Å². The molecule has 0 aliphatic rings. The Morgan fingerprint density at radius 3 is 1.52 bits per heavy atom. The van der Waals surface area contributed by atoms with E-state index in [0.717, 1.165) is 17.8 Å². The molecule has 2 rings (SSSR count). The van der Waals surface area contributed by atoms with Crippen molar-refractivity contribution < 1.29 is 0 Å². The smallest absolute Gasteiger partial charge is 0.107 e. The van der Waals surface area contributed by atoms with Gasteiger partial charge in [0, 0.05) is 6.42 Å². The van der Waals surface area contributed by atoms with Crippen LogP contribution in [0.2, 0.25) is 0 Å². The summed E-state index contributed by atoms with van der Waals surface area (Å²) >= 11 is 0. The van der Waals surface area contributed by atoms with Crippen LogP contribution in [0.1, 0.15) is 128 Å². The third-order valence-electron chi connectivity index (χ3n) is 6.21. The number of benzene rings is 1. The molecule has 0 atom stereocenters. The summed E-state index contributed by atoms with van der Waals surface area (Å²) in [7, 11) is 0. The van der Waals surface area contributed by atoms with Crippen molar-refractivity contribution in [2.75, 3.05) is 0 Å². The highest BCUT2D eigenvalue weighted by molar-refractivity contribution is 5.74. The second kappa shape index (κ2) is 16.5. The Morgan fingerprint density at radius 2 is 1.03 bits per heavy atom. The quantitative estimate of drug-likeness (QED) is 0.235. The lowest BCUT2D eigenvalue weighted by molar-refractivity contribution is 0.524. The maximum Gasteiger partial charge on any atom is 0.107 e. The highest BCUT2D eigenvalue weighted by Gasteiger charge is 2.01. The summed E-state index contributed by atoms with van der Waals surface area (Å²) in [5, 5.41) is 0. The van der Waals surface area contributed by atoms with E-state index in [2.05, 4.69) is 41.2 Å². The average Bonchev–Trinajstić information content (AvgIpc) is 3.16. The molecule has 2 heteroatoms. The number of unbranched alkanes of at least 4 members (excludes halogenated alkanes) is 17. The van der Waals surface area contributed by atoms with Crippen molar-refractivity contribution in [1.82, 2.24) is 9.97 Å². The van der Waals surface area contributed by atoms with Gasteiger partial charge in [-0.15, -0.1) is 0 Å². The average molecular weight is 399 g/mol. The van der Waals surface area contributed by atoms with Gasteiger partial charge in [0.2, 0.25) is 0 Å². The normalized spacial score (nSPS) is 11.5. The summed E-state index contributed by atoms with van der Waals surface area (Å²) in [5.41, 5.74) is 2.27. The van der Waals surface area contributed by atoms with Crippen molar-refractivity contribution in [3.63, 3.8) is 0 Å². The van der Waals surface area contributed by atoms with Crippen LogP contribution in [-0.4, -0.2) is 9.97 Å². The van der Waals surface area contributed by atoms with Gasteiger partial charge in [0.05, 0.1) is 11.0 Å². The van der Waals surface area contributed by atoms with Crippen LogP contribution in [0.15, 0.2) is 24.3 Å². The van der Waals surface area contributed by atoms with Gasteiger partial charge in [0.15, 0.2) is 0 Å². The maximum absolute atomic E-state index is 4.67. The third kappa shape index (κ3) is 11.5. The van der Waals surface area contributed by atoms with Crippen molar-refractivity contribution >= 4 is 11.0 Å².